The minimum absolute atomic E-state index is 0.493. The lowest BCUT2D eigenvalue weighted by Crippen LogP contribution is -2.28. The fourth-order valence-corrected chi connectivity index (χ4v) is 10.4. The first-order valence-corrected chi connectivity index (χ1v) is 21.8. The summed E-state index contributed by atoms with van der Waals surface area (Å²) in [6.45, 7) is 0. The Morgan fingerprint density at radius 1 is 0.333 bits per heavy atom. The van der Waals surface area contributed by atoms with Crippen molar-refractivity contribution in [3.63, 3.8) is 0 Å². The van der Waals surface area contributed by atoms with Crippen LogP contribution in [0.25, 0.3) is 60.9 Å². The predicted molar refractivity (Wildman–Crippen MR) is 264 cm³/mol. The van der Waals surface area contributed by atoms with Gasteiger partial charge < -0.3 is 9.47 Å². The maximum absolute atomic E-state index is 2.44. The van der Waals surface area contributed by atoms with Gasteiger partial charge in [-0.25, -0.2) is 0 Å². The zero-order valence-corrected chi connectivity index (χ0v) is 34.6. The molecule has 0 amide bonds. The lowest BCUT2D eigenvalue weighted by atomic mass is 9.68. The van der Waals surface area contributed by atoms with Crippen LogP contribution in [0, 0.1) is 0 Å². The number of para-hydroxylation sites is 3. The predicted octanol–water partition coefficient (Wildman–Crippen LogP) is 16.0. The molecule has 2 heteroatoms. The van der Waals surface area contributed by atoms with Crippen LogP contribution < -0.4 is 4.90 Å². The summed E-state index contributed by atoms with van der Waals surface area (Å²) in [5.41, 5.74) is 18.8. The van der Waals surface area contributed by atoms with Crippen molar-refractivity contribution in [2.45, 2.75) is 5.41 Å². The molecule has 2 nitrogen and oxygen atoms in total. The molecule has 0 saturated heterocycles. The summed E-state index contributed by atoms with van der Waals surface area (Å²) < 4.78 is 2.41. The van der Waals surface area contributed by atoms with Crippen molar-refractivity contribution in [2.75, 3.05) is 4.90 Å². The monoisotopic (exact) mass is 802 g/mol. The molecule has 0 saturated carbocycles. The zero-order valence-electron chi connectivity index (χ0n) is 34.6. The smallest absolute Gasteiger partial charge is 0.0714 e. The average Bonchev–Trinajstić information content (AvgIpc) is 3.86. The van der Waals surface area contributed by atoms with E-state index in [2.05, 4.69) is 264 Å². The molecular formula is C61H42N2. The van der Waals surface area contributed by atoms with E-state index in [-0.39, 0.29) is 0 Å². The number of hydrogen-bond donors (Lipinski definition) is 0. The summed E-state index contributed by atoms with van der Waals surface area (Å²) in [5, 5.41) is 2.47. The van der Waals surface area contributed by atoms with E-state index in [0.717, 1.165) is 22.7 Å². The first-order valence-electron chi connectivity index (χ1n) is 21.8. The molecule has 0 N–H and O–H groups in total. The van der Waals surface area contributed by atoms with Gasteiger partial charge in [0.15, 0.2) is 0 Å². The number of rotatable bonds is 8. The highest BCUT2D eigenvalue weighted by Gasteiger charge is 2.47. The summed E-state index contributed by atoms with van der Waals surface area (Å²) in [4.78, 5) is 2.44. The van der Waals surface area contributed by atoms with Gasteiger partial charge >= 0.3 is 0 Å². The van der Waals surface area contributed by atoms with Crippen LogP contribution in [0.3, 0.4) is 0 Å². The third-order valence-electron chi connectivity index (χ3n) is 13.1. The van der Waals surface area contributed by atoms with E-state index >= 15 is 0 Å². The SMILES string of the molecule is c1ccc(-c2cc3c(cc2-c2ccc(N(c4ccccc4)c4cccc5c4-c4ccccc4C5(c4ccccc4)c4ccccc4)cc2)c2ccccc2n3-c2ccccc2)cc1. The second kappa shape index (κ2) is 15.1. The molecule has 0 bridgehead atoms. The fourth-order valence-electron chi connectivity index (χ4n) is 10.4. The third kappa shape index (κ3) is 5.80. The van der Waals surface area contributed by atoms with Crippen LogP contribution in [0.15, 0.2) is 255 Å². The molecule has 0 unspecified atom stereocenters. The molecule has 63 heavy (non-hydrogen) atoms. The quantitative estimate of drug-likeness (QED) is 0.149. The standard InChI is InChI=1S/C61H42N2/c1-6-21-43(22-7-1)53-42-59-54(50-31-17-19-35-57(50)63(59)48-29-14-5-15-30-48)41-52(53)44-37-39-49(40-38-44)62(47-27-12-4-13-28-47)58-36-20-34-56-60(58)51-32-16-18-33-55(51)61(56,45-23-8-2-9-24-45)46-25-10-3-11-26-46/h1-42H. The first-order chi connectivity index (χ1) is 31.3. The molecule has 1 aromatic heterocycles. The van der Waals surface area contributed by atoms with E-state index in [9.17, 15) is 0 Å². The molecule has 296 valence electrons. The topological polar surface area (TPSA) is 8.17 Å². The van der Waals surface area contributed by atoms with Crippen LogP contribution in [0.4, 0.5) is 17.1 Å². The first kappa shape index (κ1) is 36.6. The van der Waals surface area contributed by atoms with Crippen LogP contribution in [0.2, 0.25) is 0 Å². The summed E-state index contributed by atoms with van der Waals surface area (Å²) in [7, 11) is 0. The van der Waals surface area contributed by atoms with Crippen LogP contribution in [0.1, 0.15) is 22.3 Å². The Morgan fingerprint density at radius 3 is 1.56 bits per heavy atom. The summed E-state index contributed by atoms with van der Waals surface area (Å²) in [5.74, 6) is 0. The molecule has 1 aliphatic carbocycles. The number of anilines is 3. The Hall–Kier alpha value is -8.20. The van der Waals surface area contributed by atoms with Crippen molar-refractivity contribution in [1.29, 1.82) is 0 Å². The fraction of sp³-hybridized carbons (Fsp3) is 0.0164. The van der Waals surface area contributed by atoms with Gasteiger partial charge in [-0.1, -0.05) is 194 Å². The van der Waals surface area contributed by atoms with Crippen molar-refractivity contribution < 1.29 is 0 Å². The lowest BCUT2D eigenvalue weighted by Gasteiger charge is -2.34. The molecule has 11 aromatic rings. The van der Waals surface area contributed by atoms with Crippen LogP contribution >= 0.6 is 0 Å². The number of nitrogens with zero attached hydrogens (tertiary/aromatic N) is 2. The van der Waals surface area contributed by atoms with Crippen LogP contribution in [0.5, 0.6) is 0 Å². The second-order valence-electron chi connectivity index (χ2n) is 16.4. The normalized spacial score (nSPS) is 12.6. The van der Waals surface area contributed by atoms with Gasteiger partial charge in [-0.2, -0.15) is 0 Å². The van der Waals surface area contributed by atoms with E-state index < -0.39 is 5.41 Å². The van der Waals surface area contributed by atoms with Crippen molar-refractivity contribution in [1.82, 2.24) is 4.57 Å². The van der Waals surface area contributed by atoms with Crippen molar-refractivity contribution >= 4 is 38.9 Å². The molecule has 10 aromatic carbocycles. The van der Waals surface area contributed by atoms with Crippen molar-refractivity contribution in [3.05, 3.63) is 277 Å². The van der Waals surface area contributed by atoms with Gasteiger partial charge in [0.1, 0.15) is 0 Å². The Balaban J connectivity index is 1.06. The molecule has 0 aliphatic heterocycles. The van der Waals surface area contributed by atoms with Crippen LogP contribution in [-0.2, 0) is 5.41 Å². The van der Waals surface area contributed by atoms with Gasteiger partial charge in [0, 0.05) is 33.4 Å². The van der Waals surface area contributed by atoms with Gasteiger partial charge in [-0.15, -0.1) is 0 Å². The number of aromatic nitrogens is 1. The second-order valence-corrected chi connectivity index (χ2v) is 16.4. The van der Waals surface area contributed by atoms with E-state index in [1.54, 1.807) is 0 Å². The van der Waals surface area contributed by atoms with Crippen molar-refractivity contribution in [2.24, 2.45) is 0 Å². The molecule has 0 radical (unpaired) electrons. The molecule has 1 aliphatic rings. The summed E-state index contributed by atoms with van der Waals surface area (Å²) in [6, 6.07) is 93.2. The maximum Gasteiger partial charge on any atom is 0.0714 e. The van der Waals surface area contributed by atoms with Gasteiger partial charge in [-0.05, 0) is 111 Å². The van der Waals surface area contributed by atoms with Crippen LogP contribution in [-0.4, -0.2) is 4.57 Å². The number of hydrogen-bond acceptors (Lipinski definition) is 1. The van der Waals surface area contributed by atoms with Gasteiger partial charge in [-0.3, -0.25) is 0 Å². The molecular weight excluding hydrogens is 761 g/mol. The molecule has 12 rings (SSSR count). The Morgan fingerprint density at radius 2 is 0.857 bits per heavy atom. The van der Waals surface area contributed by atoms with E-state index in [1.165, 1.54) is 77.4 Å². The summed E-state index contributed by atoms with van der Waals surface area (Å²) in [6.07, 6.45) is 0. The summed E-state index contributed by atoms with van der Waals surface area (Å²) >= 11 is 0. The van der Waals surface area contributed by atoms with E-state index in [4.69, 9.17) is 0 Å². The highest BCUT2D eigenvalue weighted by atomic mass is 15.1. The van der Waals surface area contributed by atoms with E-state index in [0.29, 0.717) is 0 Å². The zero-order chi connectivity index (χ0) is 41.7. The molecule has 0 atom stereocenters. The van der Waals surface area contributed by atoms with Crippen molar-refractivity contribution in [3.8, 4) is 39.1 Å². The van der Waals surface area contributed by atoms with Gasteiger partial charge in [0.25, 0.3) is 0 Å². The molecule has 1 heterocycles. The minimum Gasteiger partial charge on any atom is -0.310 e. The largest absolute Gasteiger partial charge is 0.310 e. The van der Waals surface area contributed by atoms with Gasteiger partial charge in [0.05, 0.1) is 22.1 Å². The minimum atomic E-state index is -0.493. The number of benzene rings is 10. The Labute approximate surface area is 368 Å². The number of fused-ring (bicyclic) bond motifs is 6. The highest BCUT2D eigenvalue weighted by Crippen LogP contribution is 2.59. The highest BCUT2D eigenvalue weighted by molar-refractivity contribution is 6.12. The van der Waals surface area contributed by atoms with Gasteiger partial charge in [0.2, 0.25) is 0 Å². The lowest BCUT2D eigenvalue weighted by molar-refractivity contribution is 0.768. The average molecular weight is 803 g/mol. The maximum atomic E-state index is 2.44. The Bertz CT molecular complexity index is 3370. The molecule has 0 fully saturated rings. The molecule has 0 spiro atoms. The Kier molecular flexibility index (Phi) is 8.76. The van der Waals surface area contributed by atoms with E-state index in [1.807, 2.05) is 0 Å². The third-order valence-corrected chi connectivity index (χ3v) is 13.1.